The van der Waals surface area contributed by atoms with Crippen molar-refractivity contribution in [2.75, 3.05) is 5.73 Å². The van der Waals surface area contributed by atoms with Crippen molar-refractivity contribution in [3.8, 4) is 11.3 Å². The van der Waals surface area contributed by atoms with Crippen molar-refractivity contribution in [2.45, 2.75) is 49.6 Å². The van der Waals surface area contributed by atoms with E-state index in [1.165, 1.54) is 0 Å². The monoisotopic (exact) mass is 400 g/mol. The Balaban J connectivity index is 1.69. The summed E-state index contributed by atoms with van der Waals surface area (Å²) in [5, 5.41) is 9.63. The second-order valence-corrected chi connectivity index (χ2v) is 9.12. The quantitative estimate of drug-likeness (QED) is 0.623. The number of hydrogen-bond acceptors (Lipinski definition) is 5. The molecule has 0 aliphatic heterocycles. The van der Waals surface area contributed by atoms with Crippen LogP contribution in [0.1, 0.15) is 31.2 Å². The minimum absolute atomic E-state index is 0.145. The van der Waals surface area contributed by atoms with Crippen LogP contribution in [-0.4, -0.2) is 35.1 Å². The van der Waals surface area contributed by atoms with Crippen molar-refractivity contribution in [1.29, 1.82) is 0 Å². The molecule has 0 unspecified atom stereocenters. The number of anilines is 1. The second-order valence-electron chi connectivity index (χ2n) is 7.40. The Kier molecular flexibility index (Phi) is 4.86. The number of nitrogens with zero attached hydrogens (tertiary/aromatic N) is 2. The van der Waals surface area contributed by atoms with E-state index in [-0.39, 0.29) is 17.0 Å². The highest BCUT2D eigenvalue weighted by atomic mass is 32.2. The van der Waals surface area contributed by atoms with Crippen LogP contribution >= 0.6 is 0 Å². The molecule has 0 amide bonds. The summed E-state index contributed by atoms with van der Waals surface area (Å²) in [5.74, 6) is 0. The molecule has 0 atom stereocenters. The first-order chi connectivity index (χ1) is 13.3. The molecule has 148 valence electrons. The van der Waals surface area contributed by atoms with E-state index >= 15 is 0 Å². The number of nitrogens with one attached hydrogen (secondary N) is 1. The summed E-state index contributed by atoms with van der Waals surface area (Å²) < 4.78 is 30.5. The molecule has 7 nitrogen and oxygen atoms in total. The second kappa shape index (κ2) is 7.20. The van der Waals surface area contributed by atoms with E-state index in [0.717, 1.165) is 16.8 Å². The fourth-order valence-corrected chi connectivity index (χ4v) is 5.09. The molecule has 1 aromatic carbocycles. The highest BCUT2D eigenvalue weighted by molar-refractivity contribution is 7.89. The van der Waals surface area contributed by atoms with Crippen LogP contribution in [0.5, 0.6) is 0 Å². The van der Waals surface area contributed by atoms with Gasteiger partial charge in [-0.2, -0.15) is 0 Å². The largest absolute Gasteiger partial charge is 0.396 e. The molecule has 1 saturated carbocycles. The summed E-state index contributed by atoms with van der Waals surface area (Å²) in [6, 6.07) is 8.58. The van der Waals surface area contributed by atoms with E-state index in [4.69, 9.17) is 5.73 Å². The summed E-state index contributed by atoms with van der Waals surface area (Å²) in [6.07, 6.45) is 5.78. The van der Waals surface area contributed by atoms with Crippen molar-refractivity contribution in [2.24, 2.45) is 0 Å². The van der Waals surface area contributed by atoms with Gasteiger partial charge in [-0.1, -0.05) is 6.07 Å². The number of nitrogens with two attached hydrogens (primary N) is 1. The number of rotatable bonds is 4. The number of aryl methyl sites for hydroxylation is 1. The molecule has 2 heterocycles. The molecule has 0 bridgehead atoms. The first kappa shape index (κ1) is 18.9. The number of aliphatic hydroxyl groups is 1. The molecule has 0 saturated heterocycles. The molecule has 28 heavy (non-hydrogen) atoms. The van der Waals surface area contributed by atoms with Gasteiger partial charge in [0, 0.05) is 17.8 Å². The van der Waals surface area contributed by atoms with Crippen LogP contribution in [0.15, 0.2) is 47.6 Å². The zero-order chi connectivity index (χ0) is 19.9. The predicted molar refractivity (Wildman–Crippen MR) is 108 cm³/mol. The first-order valence-electron chi connectivity index (χ1n) is 9.38. The predicted octanol–water partition coefficient (Wildman–Crippen LogP) is 2.47. The van der Waals surface area contributed by atoms with Gasteiger partial charge in [0.05, 0.1) is 28.6 Å². The Morgan fingerprint density at radius 2 is 1.96 bits per heavy atom. The van der Waals surface area contributed by atoms with Crippen LogP contribution in [0.4, 0.5) is 5.69 Å². The zero-order valence-corrected chi connectivity index (χ0v) is 16.5. The molecule has 1 aliphatic carbocycles. The number of aromatic nitrogens is 2. The molecule has 0 radical (unpaired) electrons. The van der Waals surface area contributed by atoms with Gasteiger partial charge in [0.2, 0.25) is 10.0 Å². The molecular formula is C20H24N4O3S. The van der Waals surface area contributed by atoms with Crippen LogP contribution in [0.25, 0.3) is 16.9 Å². The lowest BCUT2D eigenvalue weighted by Crippen LogP contribution is -2.38. The standard InChI is InChI=1S/C20H24N4O3S/c1-13-4-9-16(28(26,27)23-14-5-7-15(25)8-6-14)11-17(13)19-12-22-20-18(21)3-2-10-24(19)20/h2-4,9-12,14-15,23,25H,5-8,21H2,1H3/t14-,15-. The topological polar surface area (TPSA) is 110 Å². The number of benzene rings is 1. The number of pyridine rings is 1. The van der Waals surface area contributed by atoms with Crippen molar-refractivity contribution < 1.29 is 13.5 Å². The van der Waals surface area contributed by atoms with E-state index in [2.05, 4.69) is 9.71 Å². The Labute approximate surface area is 164 Å². The van der Waals surface area contributed by atoms with Crippen LogP contribution in [-0.2, 0) is 10.0 Å². The van der Waals surface area contributed by atoms with Crippen LogP contribution in [0, 0.1) is 6.92 Å². The summed E-state index contributed by atoms with van der Waals surface area (Å²) in [4.78, 5) is 4.60. The molecule has 4 rings (SSSR count). The van der Waals surface area contributed by atoms with E-state index in [1.807, 2.05) is 23.6 Å². The minimum atomic E-state index is -3.66. The molecule has 3 aromatic rings. The molecule has 8 heteroatoms. The van der Waals surface area contributed by atoms with Crippen molar-refractivity contribution in [3.05, 3.63) is 48.3 Å². The van der Waals surface area contributed by atoms with Gasteiger partial charge in [-0.25, -0.2) is 18.1 Å². The van der Waals surface area contributed by atoms with E-state index in [0.29, 0.717) is 37.0 Å². The number of nitrogen functional groups attached to an aromatic ring is 1. The van der Waals surface area contributed by atoms with Gasteiger partial charge >= 0.3 is 0 Å². The maximum Gasteiger partial charge on any atom is 0.240 e. The highest BCUT2D eigenvalue weighted by Crippen LogP contribution is 2.29. The Hall–Kier alpha value is -2.42. The van der Waals surface area contributed by atoms with Gasteiger partial charge in [0.15, 0.2) is 5.65 Å². The van der Waals surface area contributed by atoms with Crippen LogP contribution in [0.2, 0.25) is 0 Å². The number of imidazole rings is 1. The molecule has 4 N–H and O–H groups in total. The van der Waals surface area contributed by atoms with Crippen LogP contribution < -0.4 is 10.5 Å². The fraction of sp³-hybridized carbons (Fsp3) is 0.350. The lowest BCUT2D eigenvalue weighted by molar-refractivity contribution is 0.120. The van der Waals surface area contributed by atoms with Crippen molar-refractivity contribution >= 4 is 21.4 Å². The lowest BCUT2D eigenvalue weighted by atomic mass is 9.94. The normalized spacial score (nSPS) is 20.5. The summed E-state index contributed by atoms with van der Waals surface area (Å²) in [7, 11) is -3.66. The third-order valence-electron chi connectivity index (χ3n) is 5.38. The van der Waals surface area contributed by atoms with Crippen molar-refractivity contribution in [1.82, 2.24) is 14.1 Å². The van der Waals surface area contributed by atoms with Gasteiger partial charge in [0.25, 0.3) is 0 Å². The van der Waals surface area contributed by atoms with E-state index in [1.54, 1.807) is 30.5 Å². The summed E-state index contributed by atoms with van der Waals surface area (Å²) >= 11 is 0. The number of hydrogen-bond donors (Lipinski definition) is 3. The maximum absolute atomic E-state index is 12.9. The highest BCUT2D eigenvalue weighted by Gasteiger charge is 2.25. The number of fused-ring (bicyclic) bond motifs is 1. The fourth-order valence-electron chi connectivity index (χ4n) is 3.76. The summed E-state index contributed by atoms with van der Waals surface area (Å²) in [5.41, 5.74) is 9.73. The Bertz CT molecular complexity index is 1120. The Morgan fingerprint density at radius 3 is 2.71 bits per heavy atom. The summed E-state index contributed by atoms with van der Waals surface area (Å²) in [6.45, 7) is 1.94. The molecule has 0 spiro atoms. The zero-order valence-electron chi connectivity index (χ0n) is 15.7. The molecule has 1 fully saturated rings. The van der Waals surface area contributed by atoms with Crippen molar-refractivity contribution in [3.63, 3.8) is 0 Å². The minimum Gasteiger partial charge on any atom is -0.396 e. The molecule has 2 aromatic heterocycles. The SMILES string of the molecule is Cc1ccc(S(=O)(=O)N[C@H]2CC[C@H](O)CC2)cc1-c1cnc2c(N)cccn12. The van der Waals surface area contributed by atoms with Gasteiger partial charge < -0.3 is 10.8 Å². The lowest BCUT2D eigenvalue weighted by Gasteiger charge is -2.26. The van der Waals surface area contributed by atoms with Crippen LogP contribution in [0.3, 0.4) is 0 Å². The van der Waals surface area contributed by atoms with E-state index < -0.39 is 10.0 Å². The Morgan fingerprint density at radius 1 is 1.21 bits per heavy atom. The number of aliphatic hydroxyl groups excluding tert-OH is 1. The third kappa shape index (κ3) is 3.50. The van der Waals surface area contributed by atoms with Gasteiger partial charge in [0.1, 0.15) is 0 Å². The van der Waals surface area contributed by atoms with Gasteiger partial charge in [-0.3, -0.25) is 4.40 Å². The third-order valence-corrected chi connectivity index (χ3v) is 6.90. The van der Waals surface area contributed by atoms with Gasteiger partial charge in [-0.05, 0) is 62.4 Å². The average molecular weight is 401 g/mol. The van der Waals surface area contributed by atoms with E-state index in [9.17, 15) is 13.5 Å². The molecular weight excluding hydrogens is 376 g/mol. The smallest absolute Gasteiger partial charge is 0.240 e. The maximum atomic E-state index is 12.9. The molecule has 1 aliphatic rings. The average Bonchev–Trinajstić information content (AvgIpc) is 3.09. The first-order valence-corrected chi connectivity index (χ1v) is 10.9. The number of sulfonamides is 1. The van der Waals surface area contributed by atoms with Gasteiger partial charge in [-0.15, -0.1) is 0 Å².